The zero-order chi connectivity index (χ0) is 13.0. The molecule has 18 heavy (non-hydrogen) atoms. The monoisotopic (exact) mass is 308 g/mol. The number of rotatable bonds is 4. The fraction of sp³-hybridized carbons (Fsp3) is 0.250. The van der Waals surface area contributed by atoms with Gasteiger partial charge in [0.25, 0.3) is 0 Å². The van der Waals surface area contributed by atoms with Crippen LogP contribution in [0.1, 0.15) is 12.5 Å². The minimum atomic E-state index is 0.0923. The van der Waals surface area contributed by atoms with E-state index in [2.05, 4.69) is 30.9 Å². The molecule has 0 bridgehead atoms. The van der Waals surface area contributed by atoms with Crippen LogP contribution in [0, 0.1) is 0 Å². The molecular weight excluding hydrogens is 296 g/mol. The van der Waals surface area contributed by atoms with E-state index in [1.54, 1.807) is 30.9 Å². The molecular formula is C12H13BrN4O. The van der Waals surface area contributed by atoms with Gasteiger partial charge in [0.05, 0.1) is 6.20 Å². The topological polar surface area (TPSA) is 73.9 Å². The standard InChI is InChI=1S/C12H13BrN4O/c1-8(14)2-9-4-16-12(17-5-9)18-11-3-10(13)6-15-7-11/h3-8H,2,14H2,1H3. The normalized spacial score (nSPS) is 12.2. The van der Waals surface area contributed by atoms with Crippen molar-refractivity contribution in [2.45, 2.75) is 19.4 Å². The summed E-state index contributed by atoms with van der Waals surface area (Å²) in [4.78, 5) is 12.2. The largest absolute Gasteiger partial charge is 0.423 e. The number of nitrogens with two attached hydrogens (primary N) is 1. The SMILES string of the molecule is CC(N)Cc1cnc(Oc2cncc(Br)c2)nc1. The lowest BCUT2D eigenvalue weighted by molar-refractivity contribution is 0.438. The fourth-order valence-electron chi connectivity index (χ4n) is 1.43. The summed E-state index contributed by atoms with van der Waals surface area (Å²) in [6, 6.07) is 2.18. The molecule has 1 atom stereocenters. The molecule has 0 fully saturated rings. The maximum absolute atomic E-state index is 5.70. The molecule has 0 radical (unpaired) electrons. The van der Waals surface area contributed by atoms with E-state index < -0.39 is 0 Å². The Hall–Kier alpha value is -1.53. The van der Waals surface area contributed by atoms with E-state index in [9.17, 15) is 0 Å². The molecule has 0 saturated carbocycles. The van der Waals surface area contributed by atoms with Crippen LogP contribution in [0.3, 0.4) is 0 Å². The van der Waals surface area contributed by atoms with Crippen molar-refractivity contribution in [1.82, 2.24) is 15.0 Å². The maximum Gasteiger partial charge on any atom is 0.321 e. The lowest BCUT2D eigenvalue weighted by Crippen LogP contribution is -2.17. The van der Waals surface area contributed by atoms with E-state index in [-0.39, 0.29) is 6.04 Å². The van der Waals surface area contributed by atoms with Crippen molar-refractivity contribution < 1.29 is 4.74 Å². The minimum absolute atomic E-state index is 0.0923. The fourth-order valence-corrected chi connectivity index (χ4v) is 1.77. The Balaban J connectivity index is 2.06. The summed E-state index contributed by atoms with van der Waals surface area (Å²) in [6.07, 6.45) is 7.47. The first-order valence-electron chi connectivity index (χ1n) is 5.48. The number of halogens is 1. The highest BCUT2D eigenvalue weighted by atomic mass is 79.9. The summed E-state index contributed by atoms with van der Waals surface area (Å²) in [6.45, 7) is 1.94. The quantitative estimate of drug-likeness (QED) is 0.938. The van der Waals surface area contributed by atoms with Crippen LogP contribution >= 0.6 is 15.9 Å². The van der Waals surface area contributed by atoms with Crippen molar-refractivity contribution in [3.63, 3.8) is 0 Å². The van der Waals surface area contributed by atoms with Crippen LogP contribution < -0.4 is 10.5 Å². The van der Waals surface area contributed by atoms with Gasteiger partial charge in [-0.3, -0.25) is 4.98 Å². The molecule has 0 amide bonds. The van der Waals surface area contributed by atoms with Gasteiger partial charge in [-0.25, -0.2) is 9.97 Å². The number of pyridine rings is 1. The highest BCUT2D eigenvalue weighted by molar-refractivity contribution is 9.10. The molecule has 0 aliphatic carbocycles. The van der Waals surface area contributed by atoms with Gasteiger partial charge in [0.15, 0.2) is 5.75 Å². The Labute approximate surface area is 114 Å². The van der Waals surface area contributed by atoms with Gasteiger partial charge in [-0.05, 0) is 40.9 Å². The van der Waals surface area contributed by atoms with Gasteiger partial charge in [-0.15, -0.1) is 0 Å². The molecule has 0 aromatic carbocycles. The molecule has 94 valence electrons. The molecule has 1 unspecified atom stereocenters. The molecule has 0 spiro atoms. The van der Waals surface area contributed by atoms with E-state index >= 15 is 0 Å². The first-order valence-corrected chi connectivity index (χ1v) is 6.27. The molecule has 2 heterocycles. The second kappa shape index (κ2) is 5.88. The molecule has 2 aromatic rings. The first-order chi connectivity index (χ1) is 8.63. The molecule has 5 nitrogen and oxygen atoms in total. The van der Waals surface area contributed by atoms with Crippen molar-refractivity contribution in [2.24, 2.45) is 5.73 Å². The van der Waals surface area contributed by atoms with Crippen LogP contribution in [-0.4, -0.2) is 21.0 Å². The van der Waals surface area contributed by atoms with Crippen molar-refractivity contribution in [3.8, 4) is 11.8 Å². The first kappa shape index (κ1) is 12.9. The lowest BCUT2D eigenvalue weighted by atomic mass is 10.1. The van der Waals surface area contributed by atoms with Crippen molar-refractivity contribution >= 4 is 15.9 Å². The van der Waals surface area contributed by atoms with Crippen LogP contribution in [0.2, 0.25) is 0 Å². The number of hydrogen-bond donors (Lipinski definition) is 1. The minimum Gasteiger partial charge on any atom is -0.423 e. The van der Waals surface area contributed by atoms with Gasteiger partial charge in [-0.1, -0.05) is 0 Å². The highest BCUT2D eigenvalue weighted by Gasteiger charge is 2.03. The van der Waals surface area contributed by atoms with Gasteiger partial charge in [-0.2, -0.15) is 0 Å². The molecule has 0 aliphatic rings. The van der Waals surface area contributed by atoms with Gasteiger partial charge in [0.2, 0.25) is 0 Å². The van der Waals surface area contributed by atoms with E-state index in [4.69, 9.17) is 10.5 Å². The molecule has 2 aromatic heterocycles. The second-order valence-corrected chi connectivity index (χ2v) is 4.91. The van der Waals surface area contributed by atoms with Crippen LogP contribution in [0.25, 0.3) is 0 Å². The third-order valence-corrected chi connectivity index (χ3v) is 2.56. The summed E-state index contributed by atoms with van der Waals surface area (Å²) in [5.74, 6) is 0.587. The molecule has 0 aliphatic heterocycles. The molecule has 2 N–H and O–H groups in total. The van der Waals surface area contributed by atoms with Crippen LogP contribution in [0.15, 0.2) is 35.3 Å². The third-order valence-electron chi connectivity index (χ3n) is 2.13. The van der Waals surface area contributed by atoms with Crippen LogP contribution in [0.5, 0.6) is 11.8 Å². The van der Waals surface area contributed by atoms with E-state index in [0.717, 1.165) is 16.5 Å². The smallest absolute Gasteiger partial charge is 0.321 e. The Morgan fingerprint density at radius 2 is 2.00 bits per heavy atom. The van der Waals surface area contributed by atoms with Crippen LogP contribution in [-0.2, 0) is 6.42 Å². The Morgan fingerprint density at radius 1 is 1.28 bits per heavy atom. The Kier molecular flexibility index (Phi) is 4.22. The lowest BCUT2D eigenvalue weighted by Gasteiger charge is -2.06. The number of nitrogens with zero attached hydrogens (tertiary/aromatic N) is 3. The van der Waals surface area contributed by atoms with E-state index in [0.29, 0.717) is 11.8 Å². The number of aromatic nitrogens is 3. The number of ether oxygens (including phenoxy) is 1. The summed E-state index contributed by atoms with van der Waals surface area (Å²) in [5.41, 5.74) is 6.69. The van der Waals surface area contributed by atoms with Gasteiger partial charge >= 0.3 is 6.01 Å². The highest BCUT2D eigenvalue weighted by Crippen LogP contribution is 2.20. The van der Waals surface area contributed by atoms with Crippen molar-refractivity contribution in [1.29, 1.82) is 0 Å². The van der Waals surface area contributed by atoms with E-state index in [1.165, 1.54) is 0 Å². The van der Waals surface area contributed by atoms with Crippen molar-refractivity contribution in [2.75, 3.05) is 0 Å². The summed E-state index contributed by atoms with van der Waals surface area (Å²) >= 11 is 3.32. The maximum atomic E-state index is 5.70. The van der Waals surface area contributed by atoms with Gasteiger partial charge in [0, 0.05) is 29.1 Å². The predicted molar refractivity (Wildman–Crippen MR) is 71.4 cm³/mol. The van der Waals surface area contributed by atoms with Crippen molar-refractivity contribution in [3.05, 3.63) is 40.9 Å². The summed E-state index contributed by atoms with van der Waals surface area (Å²) in [7, 11) is 0. The number of hydrogen-bond acceptors (Lipinski definition) is 5. The average Bonchev–Trinajstić information content (AvgIpc) is 2.31. The summed E-state index contributed by atoms with van der Waals surface area (Å²) in [5, 5.41) is 0. The summed E-state index contributed by atoms with van der Waals surface area (Å²) < 4.78 is 6.31. The Morgan fingerprint density at radius 3 is 2.61 bits per heavy atom. The molecule has 2 rings (SSSR count). The predicted octanol–water partition coefficient (Wildman–Crippen LogP) is 2.32. The van der Waals surface area contributed by atoms with E-state index in [1.807, 2.05) is 6.92 Å². The third kappa shape index (κ3) is 3.75. The zero-order valence-corrected chi connectivity index (χ0v) is 11.5. The average molecular weight is 309 g/mol. The zero-order valence-electron chi connectivity index (χ0n) is 9.88. The molecule has 0 saturated heterocycles. The molecule has 6 heteroatoms. The van der Waals surface area contributed by atoms with Crippen LogP contribution in [0.4, 0.5) is 0 Å². The van der Waals surface area contributed by atoms with Gasteiger partial charge in [0.1, 0.15) is 0 Å². The van der Waals surface area contributed by atoms with Gasteiger partial charge < -0.3 is 10.5 Å². The Bertz CT molecular complexity index is 516. The second-order valence-electron chi connectivity index (χ2n) is 4.00.